The van der Waals surface area contributed by atoms with E-state index in [1.807, 2.05) is 18.2 Å². The molecule has 0 bridgehead atoms. The van der Waals surface area contributed by atoms with Crippen molar-refractivity contribution in [1.29, 1.82) is 0 Å². The zero-order valence-corrected chi connectivity index (χ0v) is 15.6. The van der Waals surface area contributed by atoms with Gasteiger partial charge in [0.05, 0.1) is 12.8 Å². The molecule has 1 aliphatic heterocycles. The molecule has 0 radical (unpaired) electrons. The summed E-state index contributed by atoms with van der Waals surface area (Å²) in [5.74, 6) is 0.930. The summed E-state index contributed by atoms with van der Waals surface area (Å²) in [4.78, 5) is 34.3. The van der Waals surface area contributed by atoms with Crippen molar-refractivity contribution in [3.8, 4) is 11.5 Å². The predicted molar refractivity (Wildman–Crippen MR) is 98.8 cm³/mol. The Morgan fingerprint density at radius 3 is 2.86 bits per heavy atom. The summed E-state index contributed by atoms with van der Waals surface area (Å²) >= 11 is 0. The largest absolute Gasteiger partial charge is 0.454 e. The third-order valence-corrected chi connectivity index (χ3v) is 4.17. The Bertz CT molecular complexity index is 815. The number of amides is 2. The average molecular weight is 386 g/mol. The van der Waals surface area contributed by atoms with Crippen LogP contribution >= 0.6 is 0 Å². The van der Waals surface area contributed by atoms with Crippen molar-refractivity contribution < 1.29 is 23.8 Å². The van der Waals surface area contributed by atoms with Gasteiger partial charge in [0.15, 0.2) is 11.5 Å². The molecule has 0 aliphatic carbocycles. The topological polar surface area (TPSA) is 103 Å². The maximum absolute atomic E-state index is 12.6. The fourth-order valence-electron chi connectivity index (χ4n) is 2.66. The van der Waals surface area contributed by atoms with Gasteiger partial charge in [0.1, 0.15) is 5.69 Å². The summed E-state index contributed by atoms with van der Waals surface area (Å²) in [6.07, 6.45) is 4.53. The van der Waals surface area contributed by atoms with Crippen molar-refractivity contribution in [3.05, 3.63) is 48.0 Å². The highest BCUT2D eigenvalue weighted by Crippen LogP contribution is 2.32. The number of ether oxygens (including phenoxy) is 3. The number of benzene rings is 1. The Morgan fingerprint density at radius 1 is 1.21 bits per heavy atom. The maximum atomic E-state index is 12.6. The lowest BCUT2D eigenvalue weighted by molar-refractivity contribution is -0.121. The minimum absolute atomic E-state index is 0.160. The van der Waals surface area contributed by atoms with Gasteiger partial charge in [-0.3, -0.25) is 14.6 Å². The van der Waals surface area contributed by atoms with E-state index in [1.54, 1.807) is 7.11 Å². The van der Waals surface area contributed by atoms with Crippen LogP contribution in [0.25, 0.3) is 0 Å². The van der Waals surface area contributed by atoms with Gasteiger partial charge < -0.3 is 24.4 Å². The van der Waals surface area contributed by atoms with Crippen LogP contribution in [-0.4, -0.2) is 60.3 Å². The van der Waals surface area contributed by atoms with Crippen molar-refractivity contribution in [2.24, 2.45) is 0 Å². The fraction of sp³-hybridized carbons (Fsp3) is 0.368. The number of carbonyl (C=O) groups excluding carboxylic acids is 2. The summed E-state index contributed by atoms with van der Waals surface area (Å²) < 4.78 is 15.7. The molecule has 2 heterocycles. The third-order valence-electron chi connectivity index (χ3n) is 4.17. The van der Waals surface area contributed by atoms with E-state index in [-0.39, 0.29) is 37.3 Å². The molecule has 0 spiro atoms. The summed E-state index contributed by atoms with van der Waals surface area (Å²) in [5, 5.41) is 2.85. The van der Waals surface area contributed by atoms with Gasteiger partial charge in [-0.25, -0.2) is 4.98 Å². The highest BCUT2D eigenvalue weighted by atomic mass is 16.7. The van der Waals surface area contributed by atoms with E-state index in [0.717, 1.165) is 5.56 Å². The summed E-state index contributed by atoms with van der Waals surface area (Å²) in [5.41, 5.74) is 1.14. The first-order valence-corrected chi connectivity index (χ1v) is 8.87. The first kappa shape index (κ1) is 19.6. The highest BCUT2D eigenvalue weighted by molar-refractivity contribution is 5.92. The van der Waals surface area contributed by atoms with Crippen LogP contribution in [0.15, 0.2) is 36.8 Å². The van der Waals surface area contributed by atoms with Crippen LogP contribution in [0.3, 0.4) is 0 Å². The molecule has 0 saturated carbocycles. The molecule has 1 aromatic carbocycles. The number of aromatic nitrogens is 2. The molecule has 0 atom stereocenters. The summed E-state index contributed by atoms with van der Waals surface area (Å²) in [6, 6.07) is 5.53. The van der Waals surface area contributed by atoms with Gasteiger partial charge in [-0.2, -0.15) is 0 Å². The number of nitrogens with zero attached hydrogens (tertiary/aromatic N) is 3. The normalized spacial score (nSPS) is 11.9. The van der Waals surface area contributed by atoms with Gasteiger partial charge in [-0.15, -0.1) is 0 Å². The number of nitrogens with one attached hydrogen (secondary N) is 1. The van der Waals surface area contributed by atoms with E-state index in [0.29, 0.717) is 31.2 Å². The van der Waals surface area contributed by atoms with Crippen molar-refractivity contribution in [1.82, 2.24) is 20.2 Å². The quantitative estimate of drug-likeness (QED) is 0.686. The molecule has 1 N–H and O–H groups in total. The minimum Gasteiger partial charge on any atom is -0.454 e. The lowest BCUT2D eigenvalue weighted by Gasteiger charge is -2.21. The SMILES string of the molecule is COCCN(CCC(=O)NCc1ccc2c(c1)OCO2)C(=O)c1cnccn1. The molecule has 0 saturated heterocycles. The standard InChI is InChI=1S/C19H22N4O5/c1-26-9-8-23(19(25)15-12-20-5-6-21-15)7-4-18(24)22-11-14-2-3-16-17(10-14)28-13-27-16/h2-3,5-6,10,12H,4,7-9,11,13H2,1H3,(H,22,24). The van der Waals surface area contributed by atoms with Crippen molar-refractivity contribution in [2.75, 3.05) is 33.6 Å². The highest BCUT2D eigenvalue weighted by Gasteiger charge is 2.18. The van der Waals surface area contributed by atoms with Crippen molar-refractivity contribution in [2.45, 2.75) is 13.0 Å². The van der Waals surface area contributed by atoms with E-state index in [9.17, 15) is 9.59 Å². The van der Waals surface area contributed by atoms with Crippen LogP contribution in [0.2, 0.25) is 0 Å². The van der Waals surface area contributed by atoms with Gasteiger partial charge in [0, 0.05) is 45.6 Å². The molecule has 1 aromatic heterocycles. The zero-order valence-electron chi connectivity index (χ0n) is 15.6. The number of rotatable bonds is 9. The Kier molecular flexibility index (Phi) is 6.74. The van der Waals surface area contributed by atoms with Gasteiger partial charge in [-0.05, 0) is 17.7 Å². The number of hydrogen-bond acceptors (Lipinski definition) is 7. The Balaban J connectivity index is 1.50. The second-order valence-corrected chi connectivity index (χ2v) is 6.09. The first-order valence-electron chi connectivity index (χ1n) is 8.87. The van der Waals surface area contributed by atoms with Crippen LogP contribution in [0.1, 0.15) is 22.5 Å². The van der Waals surface area contributed by atoms with Crippen LogP contribution in [0.5, 0.6) is 11.5 Å². The molecule has 0 unspecified atom stereocenters. The van der Waals surface area contributed by atoms with Crippen LogP contribution in [-0.2, 0) is 16.1 Å². The smallest absolute Gasteiger partial charge is 0.274 e. The van der Waals surface area contributed by atoms with E-state index < -0.39 is 0 Å². The molecule has 9 heteroatoms. The predicted octanol–water partition coefficient (Wildman–Crippen LogP) is 1.00. The van der Waals surface area contributed by atoms with E-state index in [2.05, 4.69) is 15.3 Å². The average Bonchev–Trinajstić information content (AvgIpc) is 3.20. The number of carbonyl (C=O) groups is 2. The van der Waals surface area contributed by atoms with Gasteiger partial charge in [-0.1, -0.05) is 6.07 Å². The molecule has 3 rings (SSSR count). The summed E-state index contributed by atoms with van der Waals surface area (Å²) in [6.45, 7) is 1.56. The van der Waals surface area contributed by atoms with Crippen LogP contribution < -0.4 is 14.8 Å². The van der Waals surface area contributed by atoms with Gasteiger partial charge in [0.25, 0.3) is 5.91 Å². The molecule has 9 nitrogen and oxygen atoms in total. The van der Waals surface area contributed by atoms with Crippen molar-refractivity contribution >= 4 is 11.8 Å². The Labute approximate surface area is 162 Å². The zero-order chi connectivity index (χ0) is 19.8. The van der Waals surface area contributed by atoms with E-state index in [4.69, 9.17) is 14.2 Å². The van der Waals surface area contributed by atoms with E-state index >= 15 is 0 Å². The molecule has 28 heavy (non-hydrogen) atoms. The van der Waals surface area contributed by atoms with Crippen LogP contribution in [0, 0.1) is 0 Å². The molecular formula is C19H22N4O5. The lowest BCUT2D eigenvalue weighted by Crippen LogP contribution is -2.37. The first-order chi connectivity index (χ1) is 13.7. The number of fused-ring (bicyclic) bond motifs is 1. The molecule has 148 valence electrons. The van der Waals surface area contributed by atoms with Crippen LogP contribution in [0.4, 0.5) is 0 Å². The Morgan fingerprint density at radius 2 is 2.07 bits per heavy atom. The van der Waals surface area contributed by atoms with Crippen molar-refractivity contribution in [3.63, 3.8) is 0 Å². The second kappa shape index (κ2) is 9.65. The number of methoxy groups -OCH3 is 1. The molecule has 2 amide bonds. The second-order valence-electron chi connectivity index (χ2n) is 6.09. The fourth-order valence-corrected chi connectivity index (χ4v) is 2.66. The third kappa shape index (κ3) is 5.17. The molecule has 2 aromatic rings. The van der Waals surface area contributed by atoms with Gasteiger partial charge in [0.2, 0.25) is 12.7 Å². The summed E-state index contributed by atoms with van der Waals surface area (Å²) in [7, 11) is 1.56. The molecular weight excluding hydrogens is 364 g/mol. The lowest BCUT2D eigenvalue weighted by atomic mass is 10.2. The van der Waals surface area contributed by atoms with Gasteiger partial charge >= 0.3 is 0 Å². The Hall–Kier alpha value is -3.20. The maximum Gasteiger partial charge on any atom is 0.274 e. The minimum atomic E-state index is -0.284. The number of hydrogen-bond donors (Lipinski definition) is 1. The molecule has 1 aliphatic rings. The van der Waals surface area contributed by atoms with E-state index in [1.165, 1.54) is 23.5 Å². The molecule has 0 fully saturated rings. The monoisotopic (exact) mass is 386 g/mol.